The molecule has 1 fully saturated rings. The van der Waals surface area contributed by atoms with Gasteiger partial charge in [0.15, 0.2) is 5.82 Å². The molecule has 0 N–H and O–H groups in total. The smallest absolute Gasteiger partial charge is 0.252 e. The van der Waals surface area contributed by atoms with Crippen LogP contribution in [0.2, 0.25) is 0 Å². The van der Waals surface area contributed by atoms with Gasteiger partial charge in [0.1, 0.15) is 0 Å². The summed E-state index contributed by atoms with van der Waals surface area (Å²) in [7, 11) is 0. The summed E-state index contributed by atoms with van der Waals surface area (Å²) in [5.74, 6) is 3.15. The van der Waals surface area contributed by atoms with Crippen molar-refractivity contribution < 1.29 is 0 Å². The van der Waals surface area contributed by atoms with Gasteiger partial charge >= 0.3 is 0 Å². The molecule has 1 saturated carbocycles. The van der Waals surface area contributed by atoms with Gasteiger partial charge in [-0.05, 0) is 73.6 Å². The van der Waals surface area contributed by atoms with E-state index in [0.717, 1.165) is 62.1 Å². The van der Waals surface area contributed by atoms with E-state index in [1.54, 1.807) is 5.57 Å². The van der Waals surface area contributed by atoms with E-state index in [9.17, 15) is 0 Å². The number of nitrogens with zero attached hydrogens (tertiary/aromatic N) is 5. The van der Waals surface area contributed by atoms with E-state index in [4.69, 9.17) is 15.1 Å². The van der Waals surface area contributed by atoms with Crippen molar-refractivity contribution in [3.63, 3.8) is 0 Å². The fraction of sp³-hybridized carbons (Fsp3) is 0.581. The predicted octanol–water partition coefficient (Wildman–Crippen LogP) is 7.29. The molecule has 0 saturated heterocycles. The lowest BCUT2D eigenvalue weighted by Gasteiger charge is -2.37. The van der Waals surface area contributed by atoms with Gasteiger partial charge in [0.25, 0.3) is 5.78 Å². The molecule has 0 atom stereocenters. The molecule has 2 aliphatic rings. The third kappa shape index (κ3) is 6.82. The third-order valence-electron chi connectivity index (χ3n) is 7.53. The minimum absolute atomic E-state index is 0.676. The zero-order valence-corrected chi connectivity index (χ0v) is 23.6. The molecule has 0 bridgehead atoms. The topological polar surface area (TPSA) is 46.3 Å². The molecule has 36 heavy (non-hydrogen) atoms. The molecular formula is C31H47N5. The van der Waals surface area contributed by atoms with Crippen LogP contribution in [0.3, 0.4) is 0 Å². The summed E-state index contributed by atoms with van der Waals surface area (Å²) in [5.41, 5.74) is 6.55. The highest BCUT2D eigenvalue weighted by molar-refractivity contribution is 5.44. The Hall–Kier alpha value is -2.53. The second-order valence-electron chi connectivity index (χ2n) is 10.0. The molecule has 2 aromatic heterocycles. The average molecular weight is 490 g/mol. The van der Waals surface area contributed by atoms with Crippen molar-refractivity contribution in [3.05, 3.63) is 70.9 Å². The van der Waals surface area contributed by atoms with Crippen LogP contribution in [0.4, 0.5) is 0 Å². The van der Waals surface area contributed by atoms with Gasteiger partial charge in [0.05, 0.1) is 6.54 Å². The van der Waals surface area contributed by atoms with Crippen molar-refractivity contribution in [1.29, 1.82) is 0 Å². The Bertz CT molecular complexity index is 1100. The van der Waals surface area contributed by atoms with E-state index < -0.39 is 0 Å². The molecule has 5 nitrogen and oxygen atoms in total. The summed E-state index contributed by atoms with van der Waals surface area (Å²) in [5, 5.41) is 4.85. The summed E-state index contributed by atoms with van der Waals surface area (Å²) in [6.45, 7) is 20.0. The Morgan fingerprint density at radius 1 is 1.08 bits per heavy atom. The summed E-state index contributed by atoms with van der Waals surface area (Å²) >= 11 is 0. The van der Waals surface area contributed by atoms with Gasteiger partial charge < -0.3 is 0 Å². The summed E-state index contributed by atoms with van der Waals surface area (Å²) in [4.78, 5) is 12.1. The minimum atomic E-state index is 0.676. The molecule has 196 valence electrons. The van der Waals surface area contributed by atoms with Crippen LogP contribution in [0.5, 0.6) is 0 Å². The maximum absolute atomic E-state index is 4.85. The molecule has 1 aliphatic carbocycles. The van der Waals surface area contributed by atoms with Crippen LogP contribution in [-0.2, 0) is 19.4 Å². The lowest BCUT2D eigenvalue weighted by Crippen LogP contribution is -2.35. The predicted molar refractivity (Wildman–Crippen MR) is 152 cm³/mol. The Labute approximate surface area is 219 Å². The minimum Gasteiger partial charge on any atom is -0.292 e. The fourth-order valence-corrected chi connectivity index (χ4v) is 5.44. The van der Waals surface area contributed by atoms with Crippen molar-refractivity contribution in [1.82, 2.24) is 24.5 Å². The normalized spacial score (nSPS) is 21.4. The number of aryl methyl sites for hydroxylation is 2. The van der Waals surface area contributed by atoms with E-state index in [1.807, 2.05) is 18.4 Å². The number of allylic oxidation sites excluding steroid dienone is 5. The van der Waals surface area contributed by atoms with Crippen molar-refractivity contribution >= 4 is 5.78 Å². The molecule has 0 amide bonds. The maximum atomic E-state index is 4.85. The van der Waals surface area contributed by atoms with E-state index in [0.29, 0.717) is 5.92 Å². The largest absolute Gasteiger partial charge is 0.292 e. The van der Waals surface area contributed by atoms with Crippen LogP contribution in [0.25, 0.3) is 5.78 Å². The molecular weight excluding hydrogens is 442 g/mol. The second-order valence-corrected chi connectivity index (χ2v) is 10.0. The van der Waals surface area contributed by atoms with Crippen molar-refractivity contribution in [2.24, 2.45) is 11.8 Å². The Morgan fingerprint density at radius 3 is 2.50 bits per heavy atom. The molecule has 2 aromatic rings. The number of rotatable bonds is 8. The number of hydrogen-bond acceptors (Lipinski definition) is 4. The van der Waals surface area contributed by atoms with E-state index in [-0.39, 0.29) is 0 Å². The SMILES string of the molecule is C=C(/C=C/C=C/C)C1=C(C2CCC(C)CC2)CN(Cc2nc3nc(CC)cc(CC)n3n2)CC1.CC. The zero-order valence-electron chi connectivity index (χ0n) is 23.6. The Morgan fingerprint density at radius 2 is 1.83 bits per heavy atom. The zero-order chi connectivity index (χ0) is 26.1. The van der Waals surface area contributed by atoms with Gasteiger partial charge in [-0.15, -0.1) is 5.10 Å². The summed E-state index contributed by atoms with van der Waals surface area (Å²) < 4.78 is 1.94. The first kappa shape index (κ1) is 28.0. The van der Waals surface area contributed by atoms with Gasteiger partial charge in [0.2, 0.25) is 0 Å². The molecule has 4 rings (SSSR count). The number of hydrogen-bond donors (Lipinski definition) is 0. The molecule has 0 unspecified atom stereocenters. The number of aromatic nitrogens is 4. The molecule has 1 aliphatic heterocycles. The second kappa shape index (κ2) is 13.7. The lowest BCUT2D eigenvalue weighted by molar-refractivity contribution is 0.239. The van der Waals surface area contributed by atoms with Gasteiger partial charge in [-0.25, -0.2) is 9.50 Å². The number of fused-ring (bicyclic) bond motifs is 1. The first-order valence-electron chi connectivity index (χ1n) is 14.2. The monoisotopic (exact) mass is 489 g/mol. The van der Waals surface area contributed by atoms with E-state index in [1.165, 1.54) is 42.5 Å². The van der Waals surface area contributed by atoms with Crippen LogP contribution < -0.4 is 0 Å². The van der Waals surface area contributed by atoms with Crippen LogP contribution in [0.15, 0.2) is 53.7 Å². The first-order chi connectivity index (χ1) is 17.5. The lowest BCUT2D eigenvalue weighted by atomic mass is 9.75. The fourth-order valence-electron chi connectivity index (χ4n) is 5.44. The quantitative estimate of drug-likeness (QED) is 0.365. The first-order valence-corrected chi connectivity index (χ1v) is 14.2. The van der Waals surface area contributed by atoms with E-state index >= 15 is 0 Å². The Balaban J connectivity index is 0.00000176. The molecule has 0 spiro atoms. The van der Waals surface area contributed by atoms with Crippen molar-refractivity contribution in [3.8, 4) is 0 Å². The highest BCUT2D eigenvalue weighted by Crippen LogP contribution is 2.38. The molecule has 0 aromatic carbocycles. The highest BCUT2D eigenvalue weighted by Gasteiger charge is 2.29. The highest BCUT2D eigenvalue weighted by atomic mass is 15.3. The van der Waals surface area contributed by atoms with Crippen LogP contribution in [0.1, 0.15) is 90.9 Å². The maximum Gasteiger partial charge on any atom is 0.252 e. The van der Waals surface area contributed by atoms with E-state index in [2.05, 4.69) is 69.5 Å². The van der Waals surface area contributed by atoms with Gasteiger partial charge in [-0.2, -0.15) is 4.98 Å². The van der Waals surface area contributed by atoms with Crippen molar-refractivity contribution in [2.45, 2.75) is 93.0 Å². The summed E-state index contributed by atoms with van der Waals surface area (Å²) in [6.07, 6.45) is 16.6. The molecule has 5 heteroatoms. The van der Waals surface area contributed by atoms with Crippen LogP contribution in [-0.4, -0.2) is 37.6 Å². The standard InChI is InChI=1S/C29H41N5.C2H6/c1-6-9-10-11-22(5)26-16-17-33(19-27(26)23-14-12-21(4)13-15-23)20-28-31-29-30-24(7-2)18-25(8-3)34(29)32-28;1-2/h6,9-11,18,21,23H,5,7-8,12-17,19-20H2,1-4H3;1-2H3/b9-6+,11-10+;. The molecule has 3 heterocycles. The van der Waals surface area contributed by atoms with Crippen LogP contribution in [0, 0.1) is 11.8 Å². The Kier molecular flexibility index (Phi) is 10.7. The van der Waals surface area contributed by atoms with Gasteiger partial charge in [-0.3, -0.25) is 4.90 Å². The van der Waals surface area contributed by atoms with Gasteiger partial charge in [-0.1, -0.05) is 78.3 Å². The molecule has 0 radical (unpaired) electrons. The summed E-state index contributed by atoms with van der Waals surface area (Å²) in [6, 6.07) is 2.16. The average Bonchev–Trinajstić information content (AvgIpc) is 3.32. The third-order valence-corrected chi connectivity index (χ3v) is 7.53. The van der Waals surface area contributed by atoms with Gasteiger partial charge in [0, 0.05) is 24.5 Å². The van der Waals surface area contributed by atoms with Crippen LogP contribution >= 0.6 is 0 Å². The van der Waals surface area contributed by atoms with Crippen molar-refractivity contribution in [2.75, 3.05) is 13.1 Å².